The first kappa shape index (κ1) is 24.4. The van der Waals surface area contributed by atoms with Gasteiger partial charge in [0.1, 0.15) is 30.1 Å². The fourth-order valence-corrected chi connectivity index (χ4v) is 3.33. The van der Waals surface area contributed by atoms with Crippen molar-refractivity contribution in [3.8, 4) is 11.8 Å². The van der Waals surface area contributed by atoms with E-state index < -0.39 is 42.4 Å². The molecule has 0 aromatic heterocycles. The fourth-order valence-electron chi connectivity index (χ4n) is 3.33. The van der Waals surface area contributed by atoms with E-state index in [-0.39, 0.29) is 21.9 Å². The van der Waals surface area contributed by atoms with Crippen LogP contribution in [0.25, 0.3) is 0 Å². The Morgan fingerprint density at radius 3 is 2.39 bits per heavy atom. The first-order valence-corrected chi connectivity index (χ1v) is 9.66. The number of benzene rings is 2. The summed E-state index contributed by atoms with van der Waals surface area (Å²) in [5, 5.41) is 19.9. The number of halogens is 5. The molecule has 33 heavy (non-hydrogen) atoms. The number of ether oxygens (including phenoxy) is 1. The largest absolute Gasteiger partial charge is 0.485 e. The van der Waals surface area contributed by atoms with Crippen LogP contribution in [0.5, 0.6) is 5.75 Å². The Kier molecular flexibility index (Phi) is 6.37. The lowest BCUT2D eigenvalue weighted by molar-refractivity contribution is -0.301. The van der Waals surface area contributed by atoms with Gasteiger partial charge in [0, 0.05) is 5.56 Å². The van der Waals surface area contributed by atoms with Gasteiger partial charge in [0.15, 0.2) is 0 Å². The second-order valence-corrected chi connectivity index (χ2v) is 7.92. The van der Waals surface area contributed by atoms with E-state index in [1.54, 1.807) is 24.3 Å². The molecule has 1 N–H and O–H groups in total. The molecule has 0 spiro atoms. The number of amides is 1. The van der Waals surface area contributed by atoms with E-state index in [0.717, 1.165) is 6.07 Å². The maximum Gasteiger partial charge on any atom is 0.463 e. The van der Waals surface area contributed by atoms with Gasteiger partial charge < -0.3 is 9.84 Å². The van der Waals surface area contributed by atoms with Gasteiger partial charge in [-0.2, -0.15) is 27.2 Å². The summed E-state index contributed by atoms with van der Waals surface area (Å²) in [6.07, 6.45) is -8.00. The van der Waals surface area contributed by atoms with Crippen LogP contribution in [-0.4, -0.2) is 39.9 Å². The number of alkyl halides is 5. The fraction of sp³-hybridized carbons (Fsp3) is 0.364. The van der Waals surface area contributed by atoms with Crippen LogP contribution < -0.4 is 4.74 Å². The molecular weight excluding hydrogens is 451 g/mol. The first-order valence-electron chi connectivity index (χ1n) is 9.66. The molecule has 2 aromatic carbocycles. The molecule has 176 valence electrons. The van der Waals surface area contributed by atoms with Gasteiger partial charge in [0.2, 0.25) is 0 Å². The third-order valence-corrected chi connectivity index (χ3v) is 5.13. The molecule has 2 atom stereocenters. The molecule has 0 aliphatic carbocycles. The average Bonchev–Trinajstić information content (AvgIpc) is 2.75. The molecule has 0 fully saturated rings. The van der Waals surface area contributed by atoms with Crippen molar-refractivity contribution in [2.75, 3.05) is 0 Å². The van der Waals surface area contributed by atoms with Crippen molar-refractivity contribution in [2.45, 2.75) is 50.3 Å². The quantitative estimate of drug-likeness (QED) is 0.521. The van der Waals surface area contributed by atoms with Crippen LogP contribution in [0.1, 0.15) is 36.6 Å². The van der Waals surface area contributed by atoms with Gasteiger partial charge in [0.25, 0.3) is 0 Å². The standard InChI is InChI=1S/C22H19F5N2O4/c1-20(2)18(30)17(15-10-14(11-28)8-9-16(15)33-20)29(19(31)21(23,24)22(25,26)27)32-12-13-6-4-3-5-7-13/h3-10,17-18,30H,12H2,1-2H3/t17-,18+/m0/s1. The summed E-state index contributed by atoms with van der Waals surface area (Å²) < 4.78 is 73.1. The normalized spacial score (nSPS) is 19.7. The van der Waals surface area contributed by atoms with Crippen molar-refractivity contribution in [3.05, 3.63) is 65.2 Å². The minimum absolute atomic E-state index is 0.00676. The van der Waals surface area contributed by atoms with E-state index in [9.17, 15) is 37.1 Å². The van der Waals surface area contributed by atoms with Gasteiger partial charge in [-0.05, 0) is 37.6 Å². The number of nitriles is 1. The predicted molar refractivity (Wildman–Crippen MR) is 104 cm³/mol. The highest BCUT2D eigenvalue weighted by molar-refractivity contribution is 5.84. The number of aliphatic hydroxyl groups excluding tert-OH is 1. The third-order valence-electron chi connectivity index (χ3n) is 5.13. The van der Waals surface area contributed by atoms with Crippen molar-refractivity contribution in [1.82, 2.24) is 5.06 Å². The van der Waals surface area contributed by atoms with E-state index >= 15 is 0 Å². The predicted octanol–water partition coefficient (Wildman–Crippen LogP) is 4.29. The minimum atomic E-state index is -6.21. The molecule has 0 unspecified atom stereocenters. The maximum absolute atomic E-state index is 14.1. The smallest absolute Gasteiger partial charge is 0.463 e. The Labute approximate surface area is 185 Å². The van der Waals surface area contributed by atoms with Gasteiger partial charge >= 0.3 is 18.0 Å². The molecule has 0 radical (unpaired) electrons. The number of aliphatic hydroxyl groups is 1. The Hall–Kier alpha value is -3.23. The van der Waals surface area contributed by atoms with Crippen molar-refractivity contribution in [1.29, 1.82) is 5.26 Å². The lowest BCUT2D eigenvalue weighted by Crippen LogP contribution is -2.59. The summed E-state index contributed by atoms with van der Waals surface area (Å²) >= 11 is 0. The Morgan fingerprint density at radius 2 is 1.82 bits per heavy atom. The molecule has 0 saturated heterocycles. The van der Waals surface area contributed by atoms with Gasteiger partial charge in [-0.3, -0.25) is 9.63 Å². The third kappa shape index (κ3) is 4.62. The van der Waals surface area contributed by atoms with Crippen LogP contribution in [0.4, 0.5) is 22.0 Å². The van der Waals surface area contributed by atoms with Crippen LogP contribution in [-0.2, 0) is 16.2 Å². The topological polar surface area (TPSA) is 82.8 Å². The van der Waals surface area contributed by atoms with E-state index in [1.165, 1.54) is 38.1 Å². The molecule has 1 aliphatic heterocycles. The van der Waals surface area contributed by atoms with E-state index in [1.807, 2.05) is 0 Å². The maximum atomic E-state index is 14.1. The molecule has 1 aliphatic rings. The summed E-state index contributed by atoms with van der Waals surface area (Å²) in [6, 6.07) is 11.6. The van der Waals surface area contributed by atoms with Gasteiger partial charge in [0.05, 0.1) is 11.6 Å². The Morgan fingerprint density at radius 1 is 1.18 bits per heavy atom. The molecule has 1 heterocycles. The molecule has 6 nitrogen and oxygen atoms in total. The monoisotopic (exact) mass is 470 g/mol. The number of rotatable bonds is 5. The molecule has 0 saturated carbocycles. The summed E-state index contributed by atoms with van der Waals surface area (Å²) in [4.78, 5) is 17.8. The van der Waals surface area contributed by atoms with Crippen molar-refractivity contribution in [2.24, 2.45) is 0 Å². The van der Waals surface area contributed by atoms with E-state index in [4.69, 9.17) is 9.57 Å². The highest BCUT2D eigenvalue weighted by Crippen LogP contribution is 2.46. The number of carbonyl (C=O) groups excluding carboxylic acids is 1. The Bertz CT molecular complexity index is 1070. The van der Waals surface area contributed by atoms with Crippen LogP contribution in [0, 0.1) is 11.3 Å². The SMILES string of the molecule is CC1(C)Oc2ccc(C#N)cc2[C@H](N(OCc2ccccc2)C(=O)C(F)(F)C(F)(F)F)[C@H]1O. The van der Waals surface area contributed by atoms with E-state index in [0.29, 0.717) is 5.56 Å². The summed E-state index contributed by atoms with van der Waals surface area (Å²) in [5.74, 6) is -8.52. The van der Waals surface area contributed by atoms with Crippen LogP contribution in [0.3, 0.4) is 0 Å². The summed E-state index contributed by atoms with van der Waals surface area (Å²) in [5.41, 5.74) is -1.28. The van der Waals surface area contributed by atoms with Crippen molar-refractivity contribution in [3.63, 3.8) is 0 Å². The molecule has 11 heteroatoms. The van der Waals surface area contributed by atoms with Gasteiger partial charge in [-0.15, -0.1) is 0 Å². The highest BCUT2D eigenvalue weighted by Gasteiger charge is 2.66. The second kappa shape index (κ2) is 8.61. The van der Waals surface area contributed by atoms with Crippen molar-refractivity contribution >= 4 is 5.91 Å². The lowest BCUT2D eigenvalue weighted by atomic mass is 9.85. The zero-order valence-electron chi connectivity index (χ0n) is 17.4. The summed E-state index contributed by atoms with van der Waals surface area (Å²) in [7, 11) is 0. The highest BCUT2D eigenvalue weighted by atomic mass is 19.4. The second-order valence-electron chi connectivity index (χ2n) is 7.92. The number of hydrogen-bond acceptors (Lipinski definition) is 5. The zero-order valence-corrected chi connectivity index (χ0v) is 17.4. The molecule has 3 rings (SSSR count). The van der Waals surface area contributed by atoms with Gasteiger partial charge in [-0.25, -0.2) is 5.06 Å². The average molecular weight is 470 g/mol. The number of hydroxylamine groups is 2. The van der Waals surface area contributed by atoms with Crippen LogP contribution in [0.15, 0.2) is 48.5 Å². The molecule has 2 aromatic rings. The lowest BCUT2D eigenvalue weighted by Gasteiger charge is -2.45. The van der Waals surface area contributed by atoms with Crippen molar-refractivity contribution < 1.29 is 41.4 Å². The first-order chi connectivity index (χ1) is 15.3. The van der Waals surface area contributed by atoms with Crippen LogP contribution >= 0.6 is 0 Å². The van der Waals surface area contributed by atoms with E-state index in [2.05, 4.69) is 0 Å². The number of hydrogen-bond donors (Lipinski definition) is 1. The number of carbonyl (C=O) groups is 1. The van der Waals surface area contributed by atoms with Crippen LogP contribution in [0.2, 0.25) is 0 Å². The zero-order chi connectivity index (χ0) is 24.6. The number of nitrogens with zero attached hydrogens (tertiary/aromatic N) is 2. The molecule has 1 amide bonds. The number of fused-ring (bicyclic) bond motifs is 1. The Balaban J connectivity index is 2.14. The molecular formula is C22H19F5N2O4. The summed E-state index contributed by atoms with van der Waals surface area (Å²) in [6.45, 7) is 2.19. The molecule has 0 bridgehead atoms. The van der Waals surface area contributed by atoms with Gasteiger partial charge in [-0.1, -0.05) is 30.3 Å². The minimum Gasteiger partial charge on any atom is -0.485 e.